The van der Waals surface area contributed by atoms with Crippen LogP contribution in [0.4, 0.5) is 0 Å². The average molecular weight is 357 g/mol. The molecular weight excluding hydrogens is 339 g/mol. The Balaban J connectivity index is 1.92. The lowest BCUT2D eigenvalue weighted by atomic mass is 9.81. The zero-order chi connectivity index (χ0) is 16.6. The third-order valence-corrected chi connectivity index (χ3v) is 5.05. The Kier molecular flexibility index (Phi) is 4.59. The number of carbonyl (C=O) groups excluding carboxylic acids is 1. The molecule has 0 saturated heterocycles. The van der Waals surface area contributed by atoms with Gasteiger partial charge < -0.3 is 14.6 Å². The van der Waals surface area contributed by atoms with Crippen molar-refractivity contribution in [2.75, 3.05) is 6.61 Å². The van der Waals surface area contributed by atoms with Crippen LogP contribution in [-0.4, -0.2) is 29.4 Å². The van der Waals surface area contributed by atoms with Crippen molar-refractivity contribution >= 4 is 34.7 Å². The van der Waals surface area contributed by atoms with Crippen molar-refractivity contribution in [3.05, 3.63) is 39.6 Å². The Morgan fingerprint density at radius 2 is 2.04 bits per heavy atom. The van der Waals surface area contributed by atoms with Crippen molar-refractivity contribution in [1.29, 1.82) is 0 Å². The van der Waals surface area contributed by atoms with E-state index in [0.717, 1.165) is 12.8 Å². The average Bonchev–Trinajstić information content (AvgIpc) is 2.74. The van der Waals surface area contributed by atoms with E-state index in [2.05, 4.69) is 0 Å². The molecule has 1 spiro atoms. The minimum Gasteiger partial charge on any atom is -0.507 e. The van der Waals surface area contributed by atoms with E-state index in [1.807, 2.05) is 6.92 Å². The molecule has 6 heteroatoms. The zero-order valence-electron chi connectivity index (χ0n) is 12.8. The lowest BCUT2D eigenvalue weighted by Gasteiger charge is -2.35. The van der Waals surface area contributed by atoms with Gasteiger partial charge in [-0.05, 0) is 44.7 Å². The fourth-order valence-electron chi connectivity index (χ4n) is 3.33. The van der Waals surface area contributed by atoms with Gasteiger partial charge in [0.1, 0.15) is 5.57 Å². The van der Waals surface area contributed by atoms with Crippen molar-refractivity contribution in [2.24, 2.45) is 0 Å². The molecule has 4 nitrogen and oxygen atoms in total. The van der Waals surface area contributed by atoms with Crippen molar-refractivity contribution in [1.82, 2.24) is 0 Å². The van der Waals surface area contributed by atoms with Gasteiger partial charge in [0.05, 0.1) is 11.1 Å². The molecule has 1 aliphatic carbocycles. The molecule has 0 atom stereocenters. The molecule has 0 unspecified atom stereocenters. The fraction of sp³-hybridized carbons (Fsp3) is 0.471. The van der Waals surface area contributed by atoms with Crippen molar-refractivity contribution in [2.45, 2.75) is 44.3 Å². The summed E-state index contributed by atoms with van der Waals surface area (Å²) in [4.78, 5) is 12.3. The first-order valence-corrected chi connectivity index (χ1v) is 8.46. The first-order valence-electron chi connectivity index (χ1n) is 7.71. The Hall–Kier alpha value is -1.23. The number of carbonyl (C=O) groups is 1. The highest BCUT2D eigenvalue weighted by Crippen LogP contribution is 2.46. The van der Waals surface area contributed by atoms with Gasteiger partial charge in [0.25, 0.3) is 0 Å². The Morgan fingerprint density at radius 1 is 1.35 bits per heavy atom. The number of benzene rings is 1. The maximum Gasteiger partial charge on any atom is 0.343 e. The molecule has 124 valence electrons. The minimum absolute atomic E-state index is 0.0262. The highest BCUT2D eigenvalue weighted by atomic mass is 35.5. The van der Waals surface area contributed by atoms with E-state index in [1.54, 1.807) is 18.2 Å². The molecule has 23 heavy (non-hydrogen) atoms. The zero-order valence-corrected chi connectivity index (χ0v) is 14.3. The Bertz CT molecular complexity index is 661. The number of halogens is 2. The summed E-state index contributed by atoms with van der Waals surface area (Å²) in [6.07, 6.45) is 2.73. The third kappa shape index (κ3) is 2.95. The van der Waals surface area contributed by atoms with Crippen LogP contribution >= 0.6 is 23.2 Å². The van der Waals surface area contributed by atoms with Gasteiger partial charge in [0.2, 0.25) is 0 Å². The summed E-state index contributed by atoms with van der Waals surface area (Å²) >= 11 is 12.1. The number of aliphatic hydroxyl groups excluding tert-OH is 1. The molecule has 0 amide bonds. The maximum absolute atomic E-state index is 12.3. The van der Waals surface area contributed by atoms with Crippen molar-refractivity contribution < 1.29 is 19.4 Å². The second-order valence-corrected chi connectivity index (χ2v) is 6.73. The number of rotatable bonds is 3. The van der Waals surface area contributed by atoms with Gasteiger partial charge >= 0.3 is 5.97 Å². The fourth-order valence-corrected chi connectivity index (χ4v) is 3.83. The highest BCUT2D eigenvalue weighted by molar-refractivity contribution is 6.37. The first-order chi connectivity index (χ1) is 11.0. The summed E-state index contributed by atoms with van der Waals surface area (Å²) < 4.78 is 11.2. The summed E-state index contributed by atoms with van der Waals surface area (Å²) in [6.45, 7) is 2.61. The Labute approximate surface area is 145 Å². The van der Waals surface area contributed by atoms with Crippen LogP contribution in [0.25, 0.3) is 5.57 Å². The normalized spacial score (nSPS) is 27.6. The van der Waals surface area contributed by atoms with Gasteiger partial charge in [-0.2, -0.15) is 0 Å². The van der Waals surface area contributed by atoms with Crippen LogP contribution < -0.4 is 0 Å². The molecule has 0 bridgehead atoms. The van der Waals surface area contributed by atoms with Crippen LogP contribution in [0.3, 0.4) is 0 Å². The maximum atomic E-state index is 12.3. The predicted molar refractivity (Wildman–Crippen MR) is 88.7 cm³/mol. The SMILES string of the molecule is CCOC1CCC2(CC1)OC(=O)C(c1ccc(Cl)cc1Cl)=C2O. The minimum atomic E-state index is -0.941. The van der Waals surface area contributed by atoms with Crippen LogP contribution in [0.15, 0.2) is 24.0 Å². The number of esters is 1. The standard InChI is InChI=1S/C17H18Cl2O4/c1-2-22-11-5-7-17(8-6-11)15(20)14(16(21)23-17)12-4-3-10(18)9-13(12)19/h3-4,9,11,20H,2,5-8H2,1H3. The van der Waals surface area contributed by atoms with E-state index in [9.17, 15) is 9.90 Å². The summed E-state index contributed by atoms with van der Waals surface area (Å²) in [5.74, 6) is -0.566. The summed E-state index contributed by atoms with van der Waals surface area (Å²) in [7, 11) is 0. The first kappa shape index (κ1) is 16.6. The molecule has 3 rings (SSSR count). The van der Waals surface area contributed by atoms with Gasteiger partial charge in [0.15, 0.2) is 11.4 Å². The number of ether oxygens (including phenoxy) is 2. The van der Waals surface area contributed by atoms with Crippen LogP contribution in [0.1, 0.15) is 38.2 Å². The molecule has 2 aliphatic rings. The van der Waals surface area contributed by atoms with Crippen LogP contribution in [0.2, 0.25) is 10.0 Å². The lowest BCUT2D eigenvalue weighted by molar-refractivity contribution is -0.152. The van der Waals surface area contributed by atoms with E-state index in [-0.39, 0.29) is 17.4 Å². The van der Waals surface area contributed by atoms with Crippen LogP contribution in [-0.2, 0) is 14.3 Å². The smallest absolute Gasteiger partial charge is 0.343 e. The second-order valence-electron chi connectivity index (χ2n) is 5.89. The monoisotopic (exact) mass is 356 g/mol. The third-order valence-electron chi connectivity index (χ3n) is 4.50. The molecule has 1 aliphatic heterocycles. The molecule has 1 N–H and O–H groups in total. The summed E-state index contributed by atoms with van der Waals surface area (Å²) in [5, 5.41) is 11.5. The van der Waals surface area contributed by atoms with Gasteiger partial charge in [-0.15, -0.1) is 0 Å². The molecule has 1 fully saturated rings. The summed E-state index contributed by atoms with van der Waals surface area (Å²) in [6, 6.07) is 4.80. The van der Waals surface area contributed by atoms with E-state index in [4.69, 9.17) is 32.7 Å². The largest absolute Gasteiger partial charge is 0.507 e. The molecule has 1 aromatic rings. The van der Waals surface area contributed by atoms with Crippen molar-refractivity contribution in [3.8, 4) is 0 Å². The second kappa shape index (κ2) is 6.34. The molecular formula is C17H18Cl2O4. The number of hydrogen-bond donors (Lipinski definition) is 1. The van der Waals surface area contributed by atoms with E-state index >= 15 is 0 Å². The molecule has 1 aromatic carbocycles. The van der Waals surface area contributed by atoms with Crippen LogP contribution in [0.5, 0.6) is 0 Å². The van der Waals surface area contributed by atoms with Gasteiger partial charge in [-0.1, -0.05) is 29.3 Å². The summed E-state index contributed by atoms with van der Waals surface area (Å²) in [5.41, 5.74) is -0.355. The molecule has 1 saturated carbocycles. The number of hydrogen-bond acceptors (Lipinski definition) is 4. The van der Waals surface area contributed by atoms with E-state index in [0.29, 0.717) is 35.1 Å². The van der Waals surface area contributed by atoms with Crippen molar-refractivity contribution in [3.63, 3.8) is 0 Å². The van der Waals surface area contributed by atoms with Gasteiger partial charge in [0, 0.05) is 17.2 Å². The highest BCUT2D eigenvalue weighted by Gasteiger charge is 2.50. The molecule has 0 radical (unpaired) electrons. The van der Waals surface area contributed by atoms with Gasteiger partial charge in [-0.3, -0.25) is 0 Å². The lowest BCUT2D eigenvalue weighted by Crippen LogP contribution is -2.39. The van der Waals surface area contributed by atoms with E-state index < -0.39 is 11.6 Å². The van der Waals surface area contributed by atoms with E-state index in [1.165, 1.54) is 0 Å². The topological polar surface area (TPSA) is 55.8 Å². The molecule has 0 aromatic heterocycles. The van der Waals surface area contributed by atoms with Crippen LogP contribution in [0, 0.1) is 0 Å². The quantitative estimate of drug-likeness (QED) is 0.807. The predicted octanol–water partition coefficient (Wildman–Crippen LogP) is 4.54. The Morgan fingerprint density at radius 3 is 2.65 bits per heavy atom. The number of aliphatic hydroxyl groups is 1. The van der Waals surface area contributed by atoms with Gasteiger partial charge in [-0.25, -0.2) is 4.79 Å². The molecule has 1 heterocycles.